The van der Waals surface area contributed by atoms with E-state index in [-0.39, 0.29) is 46.7 Å². The van der Waals surface area contributed by atoms with Crippen LogP contribution in [0, 0.1) is 11.3 Å². The summed E-state index contributed by atoms with van der Waals surface area (Å²) >= 11 is 6.35. The van der Waals surface area contributed by atoms with Crippen LogP contribution in [0.2, 0.25) is 5.02 Å². The van der Waals surface area contributed by atoms with Crippen LogP contribution in [0.5, 0.6) is 0 Å². The molecule has 4 unspecified atom stereocenters. The van der Waals surface area contributed by atoms with Crippen LogP contribution < -0.4 is 16.0 Å². The lowest BCUT2D eigenvalue weighted by molar-refractivity contribution is -0.165. The van der Waals surface area contributed by atoms with E-state index in [1.807, 2.05) is 20.8 Å². The second-order valence-electron chi connectivity index (χ2n) is 11.7. The highest BCUT2D eigenvalue weighted by Crippen LogP contribution is 2.44. The molecule has 2 saturated heterocycles. The summed E-state index contributed by atoms with van der Waals surface area (Å²) in [6, 6.07) is 2.07. The fourth-order valence-electron chi connectivity index (χ4n) is 5.87. The SMILES string of the molecule is CCO[C@@H]1OC(=O)CC1NC(=O)[C@@H]1C2CCC(C2)N1C(=O)C(NC(=O)c1ccc(NC(C)=O)cc1Cl)C(C)(C)C. The maximum absolute atomic E-state index is 14.1. The molecule has 3 fully saturated rings. The van der Waals surface area contributed by atoms with Gasteiger partial charge >= 0.3 is 5.97 Å². The Morgan fingerprint density at radius 3 is 2.55 bits per heavy atom. The molecule has 1 saturated carbocycles. The molecule has 1 aromatic carbocycles. The minimum absolute atomic E-state index is 0.00662. The number of anilines is 1. The monoisotopic (exact) mass is 576 g/mol. The van der Waals surface area contributed by atoms with Gasteiger partial charge in [-0.05, 0) is 55.7 Å². The molecule has 0 radical (unpaired) electrons. The fourth-order valence-corrected chi connectivity index (χ4v) is 6.13. The number of rotatable bonds is 8. The number of nitrogens with zero attached hydrogens (tertiary/aromatic N) is 1. The molecule has 1 aliphatic carbocycles. The quantitative estimate of drug-likeness (QED) is 0.404. The van der Waals surface area contributed by atoms with Crippen LogP contribution in [-0.4, -0.2) is 71.6 Å². The van der Waals surface area contributed by atoms with Crippen molar-refractivity contribution in [3.8, 4) is 0 Å². The van der Waals surface area contributed by atoms with Crippen molar-refractivity contribution in [2.24, 2.45) is 11.3 Å². The predicted octanol–water partition coefficient (Wildman–Crippen LogP) is 2.62. The molecule has 40 heavy (non-hydrogen) atoms. The second-order valence-corrected chi connectivity index (χ2v) is 12.1. The van der Waals surface area contributed by atoms with Crippen molar-refractivity contribution in [1.29, 1.82) is 0 Å². The molecule has 3 N–H and O–H groups in total. The van der Waals surface area contributed by atoms with E-state index in [0.29, 0.717) is 18.7 Å². The molecule has 2 bridgehead atoms. The third kappa shape index (κ3) is 6.25. The Morgan fingerprint density at radius 1 is 1.20 bits per heavy atom. The van der Waals surface area contributed by atoms with Gasteiger partial charge < -0.3 is 30.3 Å². The summed E-state index contributed by atoms with van der Waals surface area (Å²) in [5.41, 5.74) is -0.0902. The number of fused-ring (bicyclic) bond motifs is 2. The summed E-state index contributed by atoms with van der Waals surface area (Å²) < 4.78 is 10.7. The zero-order valence-corrected chi connectivity index (χ0v) is 24.2. The van der Waals surface area contributed by atoms with Crippen LogP contribution in [0.25, 0.3) is 0 Å². The molecule has 218 valence electrons. The number of halogens is 1. The number of cyclic esters (lactones) is 1. The Morgan fingerprint density at radius 2 is 1.93 bits per heavy atom. The van der Waals surface area contributed by atoms with Gasteiger partial charge in [0.2, 0.25) is 24.0 Å². The van der Waals surface area contributed by atoms with E-state index in [0.717, 1.165) is 12.8 Å². The van der Waals surface area contributed by atoms with Crippen LogP contribution in [0.4, 0.5) is 5.69 Å². The number of carbonyl (C=O) groups excluding carboxylic acids is 5. The number of piperidine rings is 1. The van der Waals surface area contributed by atoms with Crippen LogP contribution in [0.3, 0.4) is 0 Å². The van der Waals surface area contributed by atoms with Gasteiger partial charge in [-0.1, -0.05) is 32.4 Å². The summed E-state index contributed by atoms with van der Waals surface area (Å²) in [6.07, 6.45) is 1.40. The maximum Gasteiger partial charge on any atom is 0.310 e. The van der Waals surface area contributed by atoms with Gasteiger partial charge in [0.1, 0.15) is 18.1 Å². The van der Waals surface area contributed by atoms with Gasteiger partial charge in [-0.15, -0.1) is 0 Å². The van der Waals surface area contributed by atoms with E-state index < -0.39 is 41.7 Å². The highest BCUT2D eigenvalue weighted by Gasteiger charge is 2.54. The van der Waals surface area contributed by atoms with Gasteiger partial charge in [0, 0.05) is 25.3 Å². The van der Waals surface area contributed by atoms with Gasteiger partial charge in [0.15, 0.2) is 0 Å². The number of nitrogens with one attached hydrogen (secondary N) is 3. The Labute approximate surface area is 238 Å². The lowest BCUT2D eigenvalue weighted by Gasteiger charge is -2.40. The number of benzene rings is 1. The number of hydrogen-bond donors (Lipinski definition) is 3. The topological polar surface area (TPSA) is 143 Å². The van der Waals surface area contributed by atoms with Crippen molar-refractivity contribution < 1.29 is 33.4 Å². The largest absolute Gasteiger partial charge is 0.433 e. The first kappa shape index (κ1) is 29.8. The molecule has 0 spiro atoms. The smallest absolute Gasteiger partial charge is 0.310 e. The molecular weight excluding hydrogens is 540 g/mol. The molecule has 2 aliphatic heterocycles. The third-order valence-corrected chi connectivity index (χ3v) is 7.96. The molecular formula is C28H37ClN4O7. The van der Waals surface area contributed by atoms with Gasteiger partial charge in [-0.2, -0.15) is 0 Å². The molecule has 11 nitrogen and oxygen atoms in total. The molecule has 6 atom stereocenters. The van der Waals surface area contributed by atoms with E-state index >= 15 is 0 Å². The molecule has 3 aliphatic rings. The number of amides is 4. The first-order chi connectivity index (χ1) is 18.8. The minimum Gasteiger partial charge on any atom is -0.433 e. The van der Waals surface area contributed by atoms with E-state index in [2.05, 4.69) is 16.0 Å². The number of esters is 1. The molecule has 4 rings (SSSR count). The van der Waals surface area contributed by atoms with Crippen LogP contribution in [0.1, 0.15) is 70.7 Å². The number of hydrogen-bond acceptors (Lipinski definition) is 7. The second kappa shape index (κ2) is 11.7. The summed E-state index contributed by atoms with van der Waals surface area (Å²) in [6.45, 7) is 8.98. The van der Waals surface area contributed by atoms with Crippen molar-refractivity contribution in [2.45, 2.75) is 90.8 Å². The van der Waals surface area contributed by atoms with E-state index in [1.165, 1.54) is 19.1 Å². The minimum atomic E-state index is -0.951. The highest BCUT2D eigenvalue weighted by atomic mass is 35.5. The van der Waals surface area contributed by atoms with E-state index in [9.17, 15) is 24.0 Å². The highest BCUT2D eigenvalue weighted by molar-refractivity contribution is 6.34. The third-order valence-electron chi connectivity index (χ3n) is 7.65. The van der Waals surface area contributed by atoms with Gasteiger partial charge in [0.25, 0.3) is 5.91 Å². The molecule has 0 aromatic heterocycles. The summed E-state index contributed by atoms with van der Waals surface area (Å²) in [7, 11) is 0. The first-order valence-electron chi connectivity index (χ1n) is 13.6. The molecule has 4 amide bonds. The standard InChI is InChI=1S/C28H37ClN4O7/c1-6-39-27-20(13-21(35)40-27)31-25(37)22-15-7-9-17(11-15)33(22)26(38)23(28(3,4)5)32-24(36)18-10-8-16(12-19(18)29)30-14(2)34/h8,10,12,15,17,20,22-23,27H,6-7,9,11,13H2,1-5H3,(H,30,34)(H,31,37)(H,32,36)/t15?,17?,20?,22-,23?,27+/m0/s1. The molecule has 12 heteroatoms. The Balaban J connectivity index is 1.54. The lowest BCUT2D eigenvalue weighted by atomic mass is 9.84. The molecule has 2 heterocycles. The Bertz CT molecular complexity index is 1200. The fraction of sp³-hybridized carbons (Fsp3) is 0.607. The summed E-state index contributed by atoms with van der Waals surface area (Å²) in [4.78, 5) is 65.9. The van der Waals surface area contributed by atoms with Crippen molar-refractivity contribution >= 4 is 46.9 Å². The number of ether oxygens (including phenoxy) is 2. The van der Waals surface area contributed by atoms with E-state index in [1.54, 1.807) is 17.9 Å². The van der Waals surface area contributed by atoms with Gasteiger partial charge in [-0.3, -0.25) is 24.0 Å². The molecule has 1 aromatic rings. The van der Waals surface area contributed by atoms with Crippen molar-refractivity contribution in [3.63, 3.8) is 0 Å². The van der Waals surface area contributed by atoms with Crippen LogP contribution >= 0.6 is 11.6 Å². The summed E-state index contributed by atoms with van der Waals surface area (Å²) in [5.74, 6) is -2.00. The zero-order valence-electron chi connectivity index (χ0n) is 23.4. The number of carbonyl (C=O) groups is 5. The lowest BCUT2D eigenvalue weighted by Crippen LogP contribution is -2.62. The average molecular weight is 577 g/mol. The normalized spacial score (nSPS) is 26.3. The predicted molar refractivity (Wildman–Crippen MR) is 146 cm³/mol. The maximum atomic E-state index is 14.1. The first-order valence-corrected chi connectivity index (χ1v) is 14.0. The van der Waals surface area contributed by atoms with Gasteiger partial charge in [0.05, 0.1) is 17.0 Å². The Kier molecular flexibility index (Phi) is 8.75. The van der Waals surface area contributed by atoms with Crippen molar-refractivity contribution in [2.75, 3.05) is 11.9 Å². The van der Waals surface area contributed by atoms with Gasteiger partial charge in [-0.25, -0.2) is 0 Å². The number of likely N-dealkylation sites (tertiary alicyclic amines) is 1. The Hall–Kier alpha value is -3.18. The summed E-state index contributed by atoms with van der Waals surface area (Å²) in [5, 5.41) is 8.48. The van der Waals surface area contributed by atoms with Crippen LogP contribution in [0.15, 0.2) is 18.2 Å². The van der Waals surface area contributed by atoms with Crippen LogP contribution in [-0.2, 0) is 28.7 Å². The van der Waals surface area contributed by atoms with Crippen molar-refractivity contribution in [3.05, 3.63) is 28.8 Å². The van der Waals surface area contributed by atoms with E-state index in [4.69, 9.17) is 21.1 Å². The average Bonchev–Trinajstić information content (AvgIpc) is 3.56. The zero-order chi connectivity index (χ0) is 29.4. The van der Waals surface area contributed by atoms with Crippen molar-refractivity contribution in [1.82, 2.24) is 15.5 Å².